The molecule has 0 radical (unpaired) electrons. The average molecular weight is 712 g/mol. The molecule has 0 atom stereocenters. The van der Waals surface area contributed by atoms with Gasteiger partial charge in [-0.25, -0.2) is 9.78 Å². The second-order valence-corrected chi connectivity index (χ2v) is 16.6. The lowest BCUT2D eigenvalue weighted by atomic mass is 9.51. The molecule has 10 heteroatoms. The molecule has 3 aromatic rings. The highest BCUT2D eigenvalue weighted by molar-refractivity contribution is 5.95. The number of aromatic nitrogens is 3. The molecular weight excluding hydrogens is 654 g/mol. The zero-order valence-corrected chi connectivity index (χ0v) is 31.8. The van der Waals surface area contributed by atoms with Crippen LogP contribution in [-0.4, -0.2) is 75.7 Å². The Balaban J connectivity index is 1.11. The van der Waals surface area contributed by atoms with Gasteiger partial charge in [0.1, 0.15) is 17.7 Å². The summed E-state index contributed by atoms with van der Waals surface area (Å²) in [6.45, 7) is 10.1. The van der Waals surface area contributed by atoms with Crippen molar-refractivity contribution < 1.29 is 24.2 Å². The smallest absolute Gasteiger partial charge is 0.410 e. The number of likely N-dealkylation sites (tertiary alicyclic amines) is 1. The molecule has 5 fully saturated rings. The number of nitrogens with zero attached hydrogens (tertiary/aromatic N) is 5. The van der Waals surface area contributed by atoms with Crippen molar-refractivity contribution in [3.8, 4) is 16.9 Å². The Hall–Kier alpha value is -3.92. The average Bonchev–Trinajstić information content (AvgIpc) is 3.68. The summed E-state index contributed by atoms with van der Waals surface area (Å²) in [6, 6.07) is 10.8. The van der Waals surface area contributed by atoms with Gasteiger partial charge in [0.05, 0.1) is 38.0 Å². The SMILES string of the molecule is CCC(C)(CC)n1cc(-c2ccnc(N(CC34CCC(c5ccc(OC)c(C)c5)(CC3)CC4)C(=O)[C@H]3CC[C@H](OC(=O)N4CC(O)C4)CC3)c2)cn1. The molecule has 1 saturated heterocycles. The van der Waals surface area contributed by atoms with Crippen LogP contribution in [0.15, 0.2) is 48.9 Å². The first-order chi connectivity index (χ1) is 25.0. The monoisotopic (exact) mass is 711 g/mol. The summed E-state index contributed by atoms with van der Waals surface area (Å²) < 4.78 is 13.4. The number of hydrogen-bond acceptors (Lipinski definition) is 7. The lowest BCUT2D eigenvalue weighted by Crippen LogP contribution is -2.54. The number of carbonyl (C=O) groups is 2. The van der Waals surface area contributed by atoms with Crippen molar-refractivity contribution >= 4 is 17.8 Å². The Morgan fingerprint density at radius 3 is 2.29 bits per heavy atom. The maximum absolute atomic E-state index is 14.7. The Morgan fingerprint density at radius 1 is 0.981 bits per heavy atom. The summed E-state index contributed by atoms with van der Waals surface area (Å²) in [4.78, 5) is 35.7. The first-order valence-electron chi connectivity index (χ1n) is 19.6. The number of β-amino-alcohol motifs (C(OH)–C–C–N with tert-alkyl or cyclic N) is 1. The summed E-state index contributed by atoms with van der Waals surface area (Å²) >= 11 is 0. The van der Waals surface area contributed by atoms with E-state index in [4.69, 9.17) is 19.6 Å². The summed E-state index contributed by atoms with van der Waals surface area (Å²) in [5.41, 5.74) is 4.81. The van der Waals surface area contributed by atoms with Gasteiger partial charge in [0.2, 0.25) is 5.91 Å². The number of hydrogen-bond donors (Lipinski definition) is 1. The number of anilines is 1. The topological polar surface area (TPSA) is 110 Å². The van der Waals surface area contributed by atoms with E-state index in [1.807, 2.05) is 23.4 Å². The summed E-state index contributed by atoms with van der Waals surface area (Å²) in [7, 11) is 1.73. The van der Waals surface area contributed by atoms with Gasteiger partial charge < -0.3 is 19.5 Å². The zero-order chi connectivity index (χ0) is 36.7. The number of methoxy groups -OCH3 is 1. The van der Waals surface area contributed by atoms with E-state index in [-0.39, 0.29) is 40.4 Å². The molecule has 8 rings (SSSR count). The van der Waals surface area contributed by atoms with E-state index < -0.39 is 6.10 Å². The minimum absolute atomic E-state index is 0.0417. The van der Waals surface area contributed by atoms with Crippen LogP contribution in [0.1, 0.15) is 109 Å². The molecule has 280 valence electrons. The van der Waals surface area contributed by atoms with E-state index in [0.29, 0.717) is 51.1 Å². The molecule has 1 aromatic carbocycles. The van der Waals surface area contributed by atoms with E-state index in [1.54, 1.807) is 7.11 Å². The van der Waals surface area contributed by atoms with Crippen LogP contribution in [0.2, 0.25) is 0 Å². The van der Waals surface area contributed by atoms with E-state index in [0.717, 1.165) is 68.2 Å². The van der Waals surface area contributed by atoms with Gasteiger partial charge in [-0.2, -0.15) is 5.10 Å². The maximum atomic E-state index is 14.7. The van der Waals surface area contributed by atoms with E-state index >= 15 is 0 Å². The predicted octanol–water partition coefficient (Wildman–Crippen LogP) is 7.79. The van der Waals surface area contributed by atoms with Crippen LogP contribution in [0.4, 0.5) is 10.6 Å². The summed E-state index contributed by atoms with van der Waals surface area (Å²) in [6.07, 6.45) is 16.1. The van der Waals surface area contributed by atoms with Crippen LogP contribution in [0, 0.1) is 18.3 Å². The molecule has 1 aliphatic heterocycles. The van der Waals surface area contributed by atoms with Crippen molar-refractivity contribution in [2.75, 3.05) is 31.6 Å². The lowest BCUT2D eigenvalue weighted by Gasteiger charge is -2.55. The molecular formula is C42H57N5O5. The van der Waals surface area contributed by atoms with Gasteiger partial charge in [-0.3, -0.25) is 14.4 Å². The highest BCUT2D eigenvalue weighted by Gasteiger charge is 2.51. The minimum atomic E-state index is -0.459. The number of amides is 2. The molecule has 5 aliphatic rings. The van der Waals surface area contributed by atoms with Crippen molar-refractivity contribution in [2.45, 2.75) is 128 Å². The number of rotatable bonds is 11. The van der Waals surface area contributed by atoms with Crippen LogP contribution in [0.25, 0.3) is 11.1 Å². The van der Waals surface area contributed by atoms with Crippen molar-refractivity contribution in [3.63, 3.8) is 0 Å². The fourth-order valence-electron chi connectivity index (χ4n) is 9.31. The molecule has 2 bridgehead atoms. The molecule has 0 spiro atoms. The molecule has 3 heterocycles. The number of aryl methyl sites for hydroxylation is 1. The van der Waals surface area contributed by atoms with Crippen molar-refractivity contribution in [2.24, 2.45) is 11.3 Å². The molecule has 2 aromatic heterocycles. The van der Waals surface area contributed by atoms with E-state index in [1.165, 1.54) is 16.0 Å². The number of aliphatic hydroxyl groups is 1. The third kappa shape index (κ3) is 6.95. The highest BCUT2D eigenvalue weighted by Crippen LogP contribution is 2.58. The second kappa shape index (κ2) is 14.5. The fraction of sp³-hybridized carbons (Fsp3) is 0.619. The Kier molecular flexibility index (Phi) is 10.1. The zero-order valence-electron chi connectivity index (χ0n) is 31.8. The van der Waals surface area contributed by atoms with E-state index in [2.05, 4.69) is 62.8 Å². The number of pyridine rings is 1. The van der Waals surface area contributed by atoms with Gasteiger partial charge in [0, 0.05) is 30.4 Å². The van der Waals surface area contributed by atoms with Crippen molar-refractivity contribution in [1.82, 2.24) is 19.7 Å². The van der Waals surface area contributed by atoms with Crippen LogP contribution in [-0.2, 0) is 20.5 Å². The summed E-state index contributed by atoms with van der Waals surface area (Å²) in [5.74, 6) is 1.61. The van der Waals surface area contributed by atoms with Gasteiger partial charge in [0.15, 0.2) is 0 Å². The normalized spacial score (nSPS) is 26.2. The van der Waals surface area contributed by atoms with E-state index in [9.17, 15) is 14.7 Å². The Bertz CT molecular complexity index is 1730. The third-order valence-corrected chi connectivity index (χ3v) is 13.6. The van der Waals surface area contributed by atoms with Crippen LogP contribution in [0.3, 0.4) is 0 Å². The molecule has 0 unspecified atom stereocenters. The maximum Gasteiger partial charge on any atom is 0.410 e. The largest absolute Gasteiger partial charge is 0.496 e. The number of benzene rings is 1. The van der Waals surface area contributed by atoms with Crippen LogP contribution in [0.5, 0.6) is 5.75 Å². The van der Waals surface area contributed by atoms with Crippen molar-refractivity contribution in [1.29, 1.82) is 0 Å². The number of aliphatic hydroxyl groups excluding tert-OH is 1. The van der Waals surface area contributed by atoms with Gasteiger partial charge in [-0.15, -0.1) is 0 Å². The van der Waals surface area contributed by atoms with Gasteiger partial charge in [0.25, 0.3) is 0 Å². The summed E-state index contributed by atoms with van der Waals surface area (Å²) in [5, 5.41) is 14.4. The first-order valence-corrected chi connectivity index (χ1v) is 19.6. The number of fused-ring (bicyclic) bond motifs is 3. The van der Waals surface area contributed by atoms with Gasteiger partial charge >= 0.3 is 6.09 Å². The van der Waals surface area contributed by atoms with Crippen LogP contribution >= 0.6 is 0 Å². The fourth-order valence-corrected chi connectivity index (χ4v) is 9.31. The second-order valence-electron chi connectivity index (χ2n) is 16.6. The first kappa shape index (κ1) is 36.4. The standard InChI is InChI=1S/C42H57N5O5/c1-6-40(4,7-2)47-25-32(24-44-47)31-14-21-43-37(23-31)46(38(49)30-8-11-35(12-9-30)52-39(50)45-26-34(48)27-45)28-41-15-18-42(19-16-41,20-17-41)33-10-13-36(51-5)29(3)22-33/h10,13-14,21-25,30,34-35,48H,6-9,11-12,15-20,26-28H2,1-5H3/t30-,35-,41?,42?. The molecule has 1 N–H and O–H groups in total. The Morgan fingerprint density at radius 2 is 1.67 bits per heavy atom. The number of carbonyl (C=O) groups excluding carboxylic acids is 2. The van der Waals surface area contributed by atoms with Gasteiger partial charge in [-0.05, 0) is 137 Å². The quantitative estimate of drug-likeness (QED) is 0.216. The van der Waals surface area contributed by atoms with Crippen LogP contribution < -0.4 is 9.64 Å². The molecule has 2 amide bonds. The Labute approximate surface area is 308 Å². The van der Waals surface area contributed by atoms with Crippen molar-refractivity contribution in [3.05, 3.63) is 60.0 Å². The molecule has 4 saturated carbocycles. The molecule has 52 heavy (non-hydrogen) atoms. The number of ether oxygens (including phenoxy) is 2. The van der Waals surface area contributed by atoms with Gasteiger partial charge in [-0.1, -0.05) is 26.0 Å². The third-order valence-electron chi connectivity index (χ3n) is 13.6. The highest BCUT2D eigenvalue weighted by atomic mass is 16.6. The lowest BCUT2D eigenvalue weighted by molar-refractivity contribution is -0.124. The molecule has 10 nitrogen and oxygen atoms in total. The predicted molar refractivity (Wildman–Crippen MR) is 201 cm³/mol. The minimum Gasteiger partial charge on any atom is -0.496 e. The molecule has 4 aliphatic carbocycles.